The van der Waals surface area contributed by atoms with Crippen molar-refractivity contribution >= 4 is 49.6 Å². The van der Waals surface area contributed by atoms with Gasteiger partial charge in [-0.1, -0.05) is 11.3 Å². The molecule has 1 N–H and O–H groups in total. The molecule has 0 unspecified atom stereocenters. The number of rotatable bonds is 3. The van der Waals surface area contributed by atoms with Gasteiger partial charge in [-0.05, 0) is 17.5 Å². The molecule has 0 saturated carbocycles. The van der Waals surface area contributed by atoms with Crippen LogP contribution in [0.3, 0.4) is 0 Å². The van der Waals surface area contributed by atoms with E-state index in [0.717, 1.165) is 21.6 Å². The van der Waals surface area contributed by atoms with E-state index in [1.165, 1.54) is 29.8 Å². The number of aromatic nitrogens is 2. The average Bonchev–Trinajstić information content (AvgIpc) is 3.08. The van der Waals surface area contributed by atoms with Crippen molar-refractivity contribution < 1.29 is 9.72 Å². The van der Waals surface area contributed by atoms with Gasteiger partial charge in [0.2, 0.25) is 0 Å². The highest BCUT2D eigenvalue weighted by Gasteiger charge is 2.16. The summed E-state index contributed by atoms with van der Waals surface area (Å²) in [4.78, 5) is 31.2. The van der Waals surface area contributed by atoms with Crippen LogP contribution in [0.2, 0.25) is 0 Å². The Hall–Kier alpha value is -2.39. The third-order valence-electron chi connectivity index (χ3n) is 2.49. The Morgan fingerprint density at radius 2 is 2.15 bits per heavy atom. The van der Waals surface area contributed by atoms with Crippen molar-refractivity contribution in [1.82, 2.24) is 9.97 Å². The van der Waals surface area contributed by atoms with Crippen LogP contribution in [0.1, 0.15) is 9.67 Å². The van der Waals surface area contributed by atoms with Crippen molar-refractivity contribution in [3.8, 4) is 0 Å². The highest BCUT2D eigenvalue weighted by molar-refractivity contribution is 7.17. The Bertz CT molecular complexity index is 811. The van der Waals surface area contributed by atoms with Gasteiger partial charge in [0, 0.05) is 6.07 Å². The number of carbonyl (C=O) groups is 1. The zero-order valence-corrected chi connectivity index (χ0v) is 11.4. The van der Waals surface area contributed by atoms with Gasteiger partial charge in [0.15, 0.2) is 0 Å². The molecule has 3 heterocycles. The molecule has 3 rings (SSSR count). The van der Waals surface area contributed by atoms with Crippen LogP contribution in [0.25, 0.3) is 10.2 Å². The summed E-state index contributed by atoms with van der Waals surface area (Å²) in [5.74, 6) is -0.0217. The number of nitro groups is 1. The molecule has 3 aromatic rings. The average molecular weight is 306 g/mol. The summed E-state index contributed by atoms with van der Waals surface area (Å²) in [6, 6.07) is 4.54. The Balaban J connectivity index is 1.88. The molecule has 9 heteroatoms. The minimum absolute atomic E-state index is 0.0708. The molecular weight excluding hydrogens is 300 g/mol. The normalized spacial score (nSPS) is 10.6. The third-order valence-corrected chi connectivity index (χ3v) is 4.35. The largest absolute Gasteiger partial charge is 0.324 e. The number of carbonyl (C=O) groups excluding carboxylic acids is 1. The van der Waals surface area contributed by atoms with Crippen molar-refractivity contribution in [2.75, 3.05) is 5.32 Å². The predicted molar refractivity (Wildman–Crippen MR) is 76.3 cm³/mol. The van der Waals surface area contributed by atoms with Crippen LogP contribution >= 0.6 is 22.7 Å². The summed E-state index contributed by atoms with van der Waals surface area (Å²) in [6.45, 7) is 0. The van der Waals surface area contributed by atoms with Crippen LogP contribution in [0, 0.1) is 10.1 Å². The number of hydrogen-bond donors (Lipinski definition) is 1. The van der Waals surface area contributed by atoms with Gasteiger partial charge in [-0.15, -0.1) is 11.3 Å². The van der Waals surface area contributed by atoms with E-state index in [-0.39, 0.29) is 9.88 Å². The Kier molecular flexibility index (Phi) is 3.12. The van der Waals surface area contributed by atoms with Gasteiger partial charge < -0.3 is 5.32 Å². The van der Waals surface area contributed by atoms with Crippen molar-refractivity contribution in [3.63, 3.8) is 0 Å². The Labute approximate surface area is 120 Å². The maximum atomic E-state index is 12.0. The number of anilines is 1. The van der Waals surface area contributed by atoms with Crippen LogP contribution in [-0.2, 0) is 0 Å². The predicted octanol–water partition coefficient (Wildman–Crippen LogP) is 2.91. The molecule has 0 spiro atoms. The zero-order valence-electron chi connectivity index (χ0n) is 9.77. The topological polar surface area (TPSA) is 98.0 Å². The summed E-state index contributed by atoms with van der Waals surface area (Å²) in [7, 11) is 0. The van der Waals surface area contributed by atoms with E-state index in [2.05, 4.69) is 15.3 Å². The van der Waals surface area contributed by atoms with Gasteiger partial charge in [0.05, 0.1) is 15.2 Å². The molecule has 0 aromatic carbocycles. The molecule has 0 atom stereocenters. The van der Waals surface area contributed by atoms with E-state index in [1.807, 2.05) is 11.4 Å². The fraction of sp³-hybridized carbons (Fsp3) is 0. The molecule has 0 radical (unpaired) electrons. The molecule has 100 valence electrons. The molecule has 3 aromatic heterocycles. The molecule has 0 aliphatic rings. The van der Waals surface area contributed by atoms with Crippen molar-refractivity contribution in [2.45, 2.75) is 0 Å². The molecule has 0 saturated heterocycles. The van der Waals surface area contributed by atoms with Crippen molar-refractivity contribution in [2.24, 2.45) is 0 Å². The lowest BCUT2D eigenvalue weighted by Gasteiger charge is -2.02. The van der Waals surface area contributed by atoms with Crippen LogP contribution in [0.4, 0.5) is 10.8 Å². The summed E-state index contributed by atoms with van der Waals surface area (Å²) in [5.41, 5.74) is 0. The maximum Gasteiger partial charge on any atom is 0.324 e. The second kappa shape index (κ2) is 4.94. The van der Waals surface area contributed by atoms with E-state index in [4.69, 9.17) is 0 Å². The number of nitrogens with one attached hydrogen (secondary N) is 1. The zero-order chi connectivity index (χ0) is 14.1. The Morgan fingerprint density at radius 1 is 1.30 bits per heavy atom. The van der Waals surface area contributed by atoms with Crippen LogP contribution in [0.5, 0.6) is 0 Å². The highest BCUT2D eigenvalue weighted by atomic mass is 32.1. The first kappa shape index (κ1) is 12.6. The first-order valence-corrected chi connectivity index (χ1v) is 7.08. The lowest BCUT2D eigenvalue weighted by molar-refractivity contribution is -0.380. The van der Waals surface area contributed by atoms with Crippen molar-refractivity contribution in [1.29, 1.82) is 0 Å². The fourth-order valence-electron chi connectivity index (χ4n) is 1.61. The number of amides is 1. The van der Waals surface area contributed by atoms with Crippen LogP contribution < -0.4 is 5.32 Å². The third kappa shape index (κ3) is 2.24. The van der Waals surface area contributed by atoms with Crippen LogP contribution in [0.15, 0.2) is 29.9 Å². The first-order valence-electron chi connectivity index (χ1n) is 5.39. The lowest BCUT2D eigenvalue weighted by atomic mass is 10.3. The molecule has 0 fully saturated rings. The van der Waals surface area contributed by atoms with E-state index in [0.29, 0.717) is 5.82 Å². The monoisotopic (exact) mass is 306 g/mol. The summed E-state index contributed by atoms with van der Waals surface area (Å²) in [5, 5.41) is 15.8. The molecule has 20 heavy (non-hydrogen) atoms. The van der Waals surface area contributed by atoms with E-state index in [9.17, 15) is 14.9 Å². The molecular formula is C11H6N4O3S2. The van der Waals surface area contributed by atoms with Gasteiger partial charge >= 0.3 is 5.00 Å². The van der Waals surface area contributed by atoms with Crippen molar-refractivity contribution in [3.05, 3.63) is 44.9 Å². The smallest absolute Gasteiger partial charge is 0.305 e. The Morgan fingerprint density at radius 3 is 2.90 bits per heavy atom. The SMILES string of the molecule is O=C(Nc1ncnc2sccc12)c1ccc([N+](=O)[O-])s1. The fourth-order valence-corrected chi connectivity index (χ4v) is 3.06. The van der Waals surface area contributed by atoms with Gasteiger partial charge in [-0.25, -0.2) is 9.97 Å². The first-order chi connectivity index (χ1) is 9.65. The minimum Gasteiger partial charge on any atom is -0.305 e. The van der Waals surface area contributed by atoms with E-state index >= 15 is 0 Å². The second-order valence-corrected chi connectivity index (χ2v) is 5.67. The van der Waals surface area contributed by atoms with Gasteiger partial charge in [0.25, 0.3) is 5.91 Å². The van der Waals surface area contributed by atoms with Gasteiger partial charge in [-0.3, -0.25) is 14.9 Å². The van der Waals surface area contributed by atoms with E-state index in [1.54, 1.807) is 0 Å². The number of thiophene rings is 2. The molecule has 7 nitrogen and oxygen atoms in total. The number of nitrogens with zero attached hydrogens (tertiary/aromatic N) is 3. The number of hydrogen-bond acceptors (Lipinski definition) is 7. The summed E-state index contributed by atoms with van der Waals surface area (Å²) >= 11 is 2.27. The highest BCUT2D eigenvalue weighted by Crippen LogP contribution is 2.27. The molecule has 0 aliphatic carbocycles. The van der Waals surface area contributed by atoms with Gasteiger partial charge in [-0.2, -0.15) is 0 Å². The number of fused-ring (bicyclic) bond motifs is 1. The van der Waals surface area contributed by atoms with Gasteiger partial charge in [0.1, 0.15) is 17.0 Å². The van der Waals surface area contributed by atoms with E-state index < -0.39 is 10.8 Å². The summed E-state index contributed by atoms with van der Waals surface area (Å²) in [6.07, 6.45) is 1.37. The molecule has 0 aliphatic heterocycles. The summed E-state index contributed by atoms with van der Waals surface area (Å²) < 4.78 is 0. The molecule has 1 amide bonds. The maximum absolute atomic E-state index is 12.0. The second-order valence-electron chi connectivity index (χ2n) is 3.71. The minimum atomic E-state index is -0.525. The lowest BCUT2D eigenvalue weighted by Crippen LogP contribution is -2.11. The standard InChI is InChI=1S/C11H6N4O3S2/c16-10(7-1-2-8(20-7)15(17)18)14-9-6-3-4-19-11(6)13-5-12-9/h1-5H,(H,12,13,14,16). The molecule has 0 bridgehead atoms. The van der Waals surface area contributed by atoms with Crippen LogP contribution in [-0.4, -0.2) is 20.8 Å². The quantitative estimate of drug-likeness (QED) is 0.592.